The van der Waals surface area contributed by atoms with E-state index >= 15 is 0 Å². The van der Waals surface area contributed by atoms with Crippen molar-refractivity contribution in [3.63, 3.8) is 0 Å². The molecule has 1 heterocycles. The van der Waals surface area contributed by atoms with Crippen molar-refractivity contribution in [1.82, 2.24) is 0 Å². The highest BCUT2D eigenvalue weighted by Crippen LogP contribution is 2.19. The number of aliphatic carboxylic acids is 1. The van der Waals surface area contributed by atoms with E-state index < -0.39 is 5.97 Å². The second kappa shape index (κ2) is 5.46. The second-order valence-electron chi connectivity index (χ2n) is 3.62. The summed E-state index contributed by atoms with van der Waals surface area (Å²) in [5, 5.41) is 8.67. The minimum Gasteiger partial charge on any atom is -0.481 e. The Labute approximate surface area is 104 Å². The summed E-state index contributed by atoms with van der Waals surface area (Å²) in [6.07, 6.45) is 4.13. The molecule has 2 rings (SSSR count). The molecule has 0 atom stereocenters. The van der Waals surface area contributed by atoms with Crippen molar-refractivity contribution in [2.45, 2.75) is 6.42 Å². The predicted octanol–water partition coefficient (Wildman–Crippen LogP) is 3.55. The monoisotopic (exact) mass is 244 g/mol. The Morgan fingerprint density at radius 2 is 1.88 bits per heavy atom. The molecule has 0 bridgehead atoms. The largest absolute Gasteiger partial charge is 0.481 e. The van der Waals surface area contributed by atoms with Gasteiger partial charge in [0.05, 0.1) is 6.42 Å². The summed E-state index contributed by atoms with van der Waals surface area (Å²) in [6, 6.07) is 13.8. The molecule has 1 aromatic heterocycles. The lowest BCUT2D eigenvalue weighted by Gasteiger charge is -1.90. The quantitative estimate of drug-likeness (QED) is 0.893. The van der Waals surface area contributed by atoms with Crippen LogP contribution < -0.4 is 0 Å². The maximum Gasteiger partial charge on any atom is 0.308 e. The number of rotatable bonds is 4. The normalized spacial score (nSPS) is 10.8. The summed E-state index contributed by atoms with van der Waals surface area (Å²) in [5.74, 6) is -0.787. The number of hydrogen-bond acceptors (Lipinski definition) is 2. The van der Waals surface area contributed by atoms with Crippen LogP contribution >= 0.6 is 11.3 Å². The fourth-order valence-corrected chi connectivity index (χ4v) is 2.38. The van der Waals surface area contributed by atoms with E-state index in [0.29, 0.717) is 0 Å². The topological polar surface area (TPSA) is 37.3 Å². The zero-order chi connectivity index (χ0) is 12.1. The van der Waals surface area contributed by atoms with Gasteiger partial charge in [0.1, 0.15) is 0 Å². The van der Waals surface area contributed by atoms with E-state index in [1.165, 1.54) is 11.3 Å². The average Bonchev–Trinajstić information content (AvgIpc) is 2.75. The molecule has 0 unspecified atom stereocenters. The molecule has 0 saturated heterocycles. The van der Waals surface area contributed by atoms with Crippen LogP contribution in [0.4, 0.5) is 0 Å². The number of carboxylic acid groups (broad SMARTS) is 1. The third-order valence-corrected chi connectivity index (χ3v) is 3.30. The van der Waals surface area contributed by atoms with E-state index in [4.69, 9.17) is 5.11 Å². The van der Waals surface area contributed by atoms with Crippen molar-refractivity contribution in [2.24, 2.45) is 0 Å². The van der Waals surface area contributed by atoms with Crippen LogP contribution in [0, 0.1) is 0 Å². The molecule has 3 heteroatoms. The van der Waals surface area contributed by atoms with Gasteiger partial charge in [-0.2, -0.15) is 0 Å². The highest BCUT2D eigenvalue weighted by molar-refractivity contribution is 7.13. The summed E-state index contributed by atoms with van der Waals surface area (Å²) in [6.45, 7) is 0. The minimum atomic E-state index is -0.787. The van der Waals surface area contributed by atoms with E-state index in [2.05, 4.69) is 0 Å². The molecule has 17 heavy (non-hydrogen) atoms. The van der Waals surface area contributed by atoms with E-state index in [0.717, 1.165) is 15.3 Å². The van der Waals surface area contributed by atoms with Gasteiger partial charge in [-0.05, 0) is 23.8 Å². The first-order valence-electron chi connectivity index (χ1n) is 5.28. The van der Waals surface area contributed by atoms with Crippen LogP contribution in [0.15, 0.2) is 42.5 Å². The molecule has 0 aliphatic heterocycles. The van der Waals surface area contributed by atoms with Gasteiger partial charge in [0, 0.05) is 9.75 Å². The van der Waals surface area contributed by atoms with Crippen molar-refractivity contribution in [3.8, 4) is 0 Å². The second-order valence-corrected chi connectivity index (χ2v) is 4.82. The fraction of sp³-hybridized carbons (Fsp3) is 0.0714. The molecule has 0 fully saturated rings. The number of hydrogen-bond donors (Lipinski definition) is 1. The molecular weight excluding hydrogens is 232 g/mol. The van der Waals surface area contributed by atoms with Crippen LogP contribution in [-0.4, -0.2) is 11.1 Å². The van der Waals surface area contributed by atoms with E-state index in [-0.39, 0.29) is 6.42 Å². The highest BCUT2D eigenvalue weighted by atomic mass is 32.1. The molecule has 0 amide bonds. The van der Waals surface area contributed by atoms with Crippen molar-refractivity contribution >= 4 is 29.5 Å². The smallest absolute Gasteiger partial charge is 0.308 e. The Morgan fingerprint density at radius 3 is 2.59 bits per heavy atom. The van der Waals surface area contributed by atoms with Gasteiger partial charge >= 0.3 is 5.97 Å². The van der Waals surface area contributed by atoms with Crippen molar-refractivity contribution in [1.29, 1.82) is 0 Å². The van der Waals surface area contributed by atoms with Gasteiger partial charge in [-0.1, -0.05) is 36.4 Å². The molecule has 0 aliphatic rings. The van der Waals surface area contributed by atoms with Crippen LogP contribution in [0.2, 0.25) is 0 Å². The lowest BCUT2D eigenvalue weighted by molar-refractivity contribution is -0.136. The van der Waals surface area contributed by atoms with Gasteiger partial charge in [-0.25, -0.2) is 0 Å². The molecule has 86 valence electrons. The molecule has 0 radical (unpaired) electrons. The summed E-state index contributed by atoms with van der Waals surface area (Å²) in [7, 11) is 0. The van der Waals surface area contributed by atoms with Gasteiger partial charge in [0.2, 0.25) is 0 Å². The van der Waals surface area contributed by atoms with Gasteiger partial charge in [-0.15, -0.1) is 11.3 Å². The first kappa shape index (κ1) is 11.6. The standard InChI is InChI=1S/C14H12O2S/c15-14(16)10-13-9-8-12(17-13)7-6-11-4-2-1-3-5-11/h1-9H,10H2,(H,15,16). The average molecular weight is 244 g/mol. The van der Waals surface area contributed by atoms with Crippen LogP contribution in [0.25, 0.3) is 12.2 Å². The van der Waals surface area contributed by atoms with Crippen LogP contribution in [0.1, 0.15) is 15.3 Å². The van der Waals surface area contributed by atoms with Crippen LogP contribution in [0.3, 0.4) is 0 Å². The van der Waals surface area contributed by atoms with Gasteiger partial charge in [0.25, 0.3) is 0 Å². The molecule has 2 nitrogen and oxygen atoms in total. The molecule has 0 saturated carbocycles. The van der Waals surface area contributed by atoms with Gasteiger partial charge in [0.15, 0.2) is 0 Å². The maximum absolute atomic E-state index is 10.5. The van der Waals surface area contributed by atoms with Crippen LogP contribution in [0.5, 0.6) is 0 Å². The van der Waals surface area contributed by atoms with E-state index in [9.17, 15) is 4.79 Å². The summed E-state index contributed by atoms with van der Waals surface area (Å²) < 4.78 is 0. The Hall–Kier alpha value is -1.87. The third-order valence-electron chi connectivity index (χ3n) is 2.25. The van der Waals surface area contributed by atoms with Crippen LogP contribution in [-0.2, 0) is 11.2 Å². The Balaban J connectivity index is 2.06. The van der Waals surface area contributed by atoms with E-state index in [1.54, 1.807) is 0 Å². The number of carboxylic acids is 1. The number of carbonyl (C=O) groups is 1. The Bertz CT molecular complexity index is 526. The molecule has 0 spiro atoms. The summed E-state index contributed by atoms with van der Waals surface area (Å²) >= 11 is 1.51. The predicted molar refractivity (Wildman–Crippen MR) is 71.0 cm³/mol. The minimum absolute atomic E-state index is 0.101. The zero-order valence-corrected chi connectivity index (χ0v) is 9.98. The SMILES string of the molecule is O=C(O)Cc1ccc(C=Cc2ccccc2)s1. The molecular formula is C14H12O2S. The number of benzene rings is 1. The molecule has 1 N–H and O–H groups in total. The third kappa shape index (κ3) is 3.57. The highest BCUT2D eigenvalue weighted by Gasteiger charge is 2.02. The maximum atomic E-state index is 10.5. The number of thiophene rings is 1. The Morgan fingerprint density at radius 1 is 1.12 bits per heavy atom. The lowest BCUT2D eigenvalue weighted by Crippen LogP contribution is -1.96. The van der Waals surface area contributed by atoms with Gasteiger partial charge < -0.3 is 5.11 Å². The first-order valence-corrected chi connectivity index (χ1v) is 6.09. The molecule has 2 aromatic rings. The van der Waals surface area contributed by atoms with Crippen molar-refractivity contribution in [3.05, 3.63) is 57.8 Å². The molecule has 1 aromatic carbocycles. The van der Waals surface area contributed by atoms with Crippen molar-refractivity contribution < 1.29 is 9.90 Å². The summed E-state index contributed by atoms with van der Waals surface area (Å²) in [5.41, 5.74) is 1.14. The molecule has 0 aliphatic carbocycles. The first-order chi connectivity index (χ1) is 8.24. The van der Waals surface area contributed by atoms with Gasteiger partial charge in [-0.3, -0.25) is 4.79 Å². The Kier molecular flexibility index (Phi) is 3.73. The zero-order valence-electron chi connectivity index (χ0n) is 9.17. The van der Waals surface area contributed by atoms with Crippen molar-refractivity contribution in [2.75, 3.05) is 0 Å². The fourth-order valence-electron chi connectivity index (χ4n) is 1.47. The van der Waals surface area contributed by atoms with E-state index in [1.807, 2.05) is 54.6 Å². The lowest BCUT2D eigenvalue weighted by atomic mass is 10.2. The summed E-state index contributed by atoms with van der Waals surface area (Å²) in [4.78, 5) is 12.5.